The van der Waals surface area contributed by atoms with Crippen molar-refractivity contribution >= 4 is 5.91 Å². The van der Waals surface area contributed by atoms with E-state index in [1.54, 1.807) is 7.11 Å². The van der Waals surface area contributed by atoms with Gasteiger partial charge < -0.3 is 14.4 Å². The summed E-state index contributed by atoms with van der Waals surface area (Å²) >= 11 is 0. The van der Waals surface area contributed by atoms with Gasteiger partial charge in [-0.25, -0.2) is 0 Å². The van der Waals surface area contributed by atoms with E-state index in [1.807, 2.05) is 24.0 Å². The minimum atomic E-state index is -0.238. The van der Waals surface area contributed by atoms with Crippen molar-refractivity contribution in [1.82, 2.24) is 10.2 Å². The lowest BCUT2D eigenvalue weighted by atomic mass is 10.0. The SMILES string of the molecule is COc1ccc(C)cc1[C@H](C)N[C@@H](C)C(=O)N1CCOCC1. The molecule has 2 rings (SSSR count). The predicted molar refractivity (Wildman–Crippen MR) is 86.1 cm³/mol. The zero-order valence-electron chi connectivity index (χ0n) is 13.9. The van der Waals surface area contributed by atoms with Crippen LogP contribution in [0.2, 0.25) is 0 Å². The van der Waals surface area contributed by atoms with Gasteiger partial charge in [-0.3, -0.25) is 10.1 Å². The molecule has 22 heavy (non-hydrogen) atoms. The molecule has 0 spiro atoms. The second kappa shape index (κ2) is 7.61. The fourth-order valence-corrected chi connectivity index (χ4v) is 2.79. The summed E-state index contributed by atoms with van der Waals surface area (Å²) in [6, 6.07) is 5.89. The Hall–Kier alpha value is -1.59. The number of amides is 1. The highest BCUT2D eigenvalue weighted by atomic mass is 16.5. The molecule has 1 aromatic rings. The van der Waals surface area contributed by atoms with E-state index in [4.69, 9.17) is 9.47 Å². The number of hydrogen-bond acceptors (Lipinski definition) is 4. The minimum Gasteiger partial charge on any atom is -0.496 e. The van der Waals surface area contributed by atoms with Crippen LogP contribution in [0.1, 0.15) is 31.0 Å². The van der Waals surface area contributed by atoms with Crippen molar-refractivity contribution in [2.75, 3.05) is 33.4 Å². The zero-order chi connectivity index (χ0) is 16.1. The van der Waals surface area contributed by atoms with Crippen LogP contribution in [0.4, 0.5) is 0 Å². The predicted octanol–water partition coefficient (Wildman–Crippen LogP) is 1.90. The number of benzene rings is 1. The summed E-state index contributed by atoms with van der Waals surface area (Å²) in [7, 11) is 1.67. The van der Waals surface area contributed by atoms with Gasteiger partial charge in [0.25, 0.3) is 0 Å². The Bertz CT molecular complexity index is 513. The lowest BCUT2D eigenvalue weighted by Crippen LogP contribution is -2.49. The summed E-state index contributed by atoms with van der Waals surface area (Å²) < 4.78 is 10.7. The van der Waals surface area contributed by atoms with Crippen molar-refractivity contribution in [2.45, 2.75) is 32.9 Å². The lowest BCUT2D eigenvalue weighted by Gasteiger charge is -2.31. The summed E-state index contributed by atoms with van der Waals surface area (Å²) in [5.41, 5.74) is 2.25. The van der Waals surface area contributed by atoms with Crippen LogP contribution in [0.3, 0.4) is 0 Å². The fourth-order valence-electron chi connectivity index (χ4n) is 2.79. The highest BCUT2D eigenvalue weighted by molar-refractivity contribution is 5.81. The van der Waals surface area contributed by atoms with Crippen LogP contribution in [-0.4, -0.2) is 50.3 Å². The molecule has 0 unspecified atom stereocenters. The van der Waals surface area contributed by atoms with E-state index >= 15 is 0 Å². The van der Waals surface area contributed by atoms with Crippen molar-refractivity contribution in [3.05, 3.63) is 29.3 Å². The molecule has 1 amide bonds. The van der Waals surface area contributed by atoms with E-state index in [0.29, 0.717) is 26.3 Å². The molecule has 1 heterocycles. The highest BCUT2D eigenvalue weighted by Crippen LogP contribution is 2.26. The Balaban J connectivity index is 2.02. The molecular weight excluding hydrogens is 280 g/mol. The summed E-state index contributed by atoms with van der Waals surface area (Å²) in [5.74, 6) is 0.971. The number of ether oxygens (including phenoxy) is 2. The Morgan fingerprint density at radius 1 is 1.32 bits per heavy atom. The van der Waals surface area contributed by atoms with Gasteiger partial charge in [-0.2, -0.15) is 0 Å². The van der Waals surface area contributed by atoms with Crippen LogP contribution in [0.5, 0.6) is 5.75 Å². The van der Waals surface area contributed by atoms with Gasteiger partial charge in [0.2, 0.25) is 5.91 Å². The van der Waals surface area contributed by atoms with E-state index in [-0.39, 0.29) is 18.0 Å². The molecule has 0 aliphatic carbocycles. The number of hydrogen-bond donors (Lipinski definition) is 1. The molecule has 5 nitrogen and oxygen atoms in total. The van der Waals surface area contributed by atoms with Crippen molar-refractivity contribution in [2.24, 2.45) is 0 Å². The molecule has 0 radical (unpaired) electrons. The quantitative estimate of drug-likeness (QED) is 0.903. The van der Waals surface area contributed by atoms with E-state index in [1.165, 1.54) is 5.56 Å². The van der Waals surface area contributed by atoms with Crippen molar-refractivity contribution in [3.63, 3.8) is 0 Å². The minimum absolute atomic E-state index is 0.0369. The van der Waals surface area contributed by atoms with Gasteiger partial charge in [-0.05, 0) is 26.8 Å². The van der Waals surface area contributed by atoms with Crippen LogP contribution in [0, 0.1) is 6.92 Å². The first kappa shape index (κ1) is 16.8. The molecule has 1 N–H and O–H groups in total. The molecule has 0 aromatic heterocycles. The number of carbonyl (C=O) groups is 1. The number of nitrogens with one attached hydrogen (secondary N) is 1. The Labute approximate surface area is 132 Å². The normalized spacial score (nSPS) is 17.9. The first-order valence-corrected chi connectivity index (χ1v) is 7.80. The highest BCUT2D eigenvalue weighted by Gasteiger charge is 2.24. The van der Waals surface area contributed by atoms with Gasteiger partial charge in [-0.15, -0.1) is 0 Å². The zero-order valence-corrected chi connectivity index (χ0v) is 13.9. The molecule has 1 saturated heterocycles. The maximum Gasteiger partial charge on any atom is 0.239 e. The summed E-state index contributed by atoms with van der Waals surface area (Å²) in [5, 5.41) is 3.38. The van der Waals surface area contributed by atoms with Crippen LogP contribution >= 0.6 is 0 Å². The second-order valence-electron chi connectivity index (χ2n) is 5.79. The lowest BCUT2D eigenvalue weighted by molar-refractivity contribution is -0.137. The monoisotopic (exact) mass is 306 g/mol. The molecule has 1 aliphatic rings. The number of nitrogens with zero attached hydrogens (tertiary/aromatic N) is 1. The van der Waals surface area contributed by atoms with E-state index < -0.39 is 0 Å². The summed E-state index contributed by atoms with van der Waals surface area (Å²) in [6.07, 6.45) is 0. The van der Waals surface area contributed by atoms with Crippen molar-refractivity contribution in [1.29, 1.82) is 0 Å². The topological polar surface area (TPSA) is 50.8 Å². The van der Waals surface area contributed by atoms with Crippen LogP contribution in [-0.2, 0) is 9.53 Å². The fraction of sp³-hybridized carbons (Fsp3) is 0.588. The molecule has 1 aromatic carbocycles. The van der Waals surface area contributed by atoms with Crippen LogP contribution in [0.25, 0.3) is 0 Å². The number of methoxy groups -OCH3 is 1. The third kappa shape index (κ3) is 3.99. The van der Waals surface area contributed by atoms with Crippen LogP contribution < -0.4 is 10.1 Å². The maximum absolute atomic E-state index is 12.5. The molecule has 5 heteroatoms. The molecule has 0 saturated carbocycles. The van der Waals surface area contributed by atoms with Crippen molar-refractivity contribution in [3.8, 4) is 5.75 Å². The van der Waals surface area contributed by atoms with E-state index in [2.05, 4.69) is 25.2 Å². The largest absolute Gasteiger partial charge is 0.496 e. The smallest absolute Gasteiger partial charge is 0.239 e. The number of morpholine rings is 1. The number of aryl methyl sites for hydroxylation is 1. The van der Waals surface area contributed by atoms with Gasteiger partial charge in [0.1, 0.15) is 5.75 Å². The Kier molecular flexibility index (Phi) is 5.80. The van der Waals surface area contributed by atoms with Crippen molar-refractivity contribution < 1.29 is 14.3 Å². The second-order valence-corrected chi connectivity index (χ2v) is 5.79. The first-order chi connectivity index (χ1) is 10.5. The summed E-state index contributed by atoms with van der Waals surface area (Å²) in [6.45, 7) is 8.62. The molecule has 0 bridgehead atoms. The maximum atomic E-state index is 12.5. The Morgan fingerprint density at radius 2 is 2.00 bits per heavy atom. The van der Waals surface area contributed by atoms with Gasteiger partial charge in [0.15, 0.2) is 0 Å². The van der Waals surface area contributed by atoms with Gasteiger partial charge >= 0.3 is 0 Å². The first-order valence-electron chi connectivity index (χ1n) is 7.80. The molecule has 1 aliphatic heterocycles. The van der Waals surface area contributed by atoms with Gasteiger partial charge in [-0.1, -0.05) is 17.7 Å². The summed E-state index contributed by atoms with van der Waals surface area (Å²) in [4.78, 5) is 14.3. The molecule has 122 valence electrons. The molecular formula is C17H26N2O3. The third-order valence-corrected chi connectivity index (χ3v) is 4.04. The average molecular weight is 306 g/mol. The van der Waals surface area contributed by atoms with Crippen LogP contribution in [0.15, 0.2) is 18.2 Å². The standard InChI is InChI=1S/C17H26N2O3/c1-12-5-6-16(21-4)15(11-12)13(2)18-14(3)17(20)19-7-9-22-10-8-19/h5-6,11,13-14,18H,7-10H2,1-4H3/t13-,14-/m0/s1. The third-order valence-electron chi connectivity index (χ3n) is 4.04. The average Bonchev–Trinajstić information content (AvgIpc) is 2.54. The van der Waals surface area contributed by atoms with E-state index in [0.717, 1.165) is 11.3 Å². The Morgan fingerprint density at radius 3 is 2.64 bits per heavy atom. The molecule has 1 fully saturated rings. The van der Waals surface area contributed by atoms with Gasteiger partial charge in [0, 0.05) is 24.7 Å². The molecule has 2 atom stereocenters. The van der Waals surface area contributed by atoms with E-state index in [9.17, 15) is 4.79 Å². The van der Waals surface area contributed by atoms with Gasteiger partial charge in [0.05, 0.1) is 26.4 Å². The number of rotatable bonds is 5. The number of carbonyl (C=O) groups excluding carboxylic acids is 1.